The maximum absolute atomic E-state index is 12.2. The third-order valence-electron chi connectivity index (χ3n) is 4.21. The molecule has 2 rings (SSSR count). The zero-order valence-electron chi connectivity index (χ0n) is 14.3. The fraction of sp³-hybridized carbons (Fsp3) is 0.611. The lowest BCUT2D eigenvalue weighted by molar-refractivity contribution is -0.116. The van der Waals surface area contributed by atoms with Crippen molar-refractivity contribution < 1.29 is 9.53 Å². The number of benzene rings is 1. The molecular weight excluding hydrogens is 312 g/mol. The SMILES string of the molecule is Cc1cc(C)c(NC(=O)CCN(C)C[C@H]2CCCCO2)c(Cl)c1. The van der Waals surface area contributed by atoms with Crippen LogP contribution in [0, 0.1) is 13.8 Å². The van der Waals surface area contributed by atoms with Crippen molar-refractivity contribution in [1.82, 2.24) is 4.90 Å². The summed E-state index contributed by atoms with van der Waals surface area (Å²) < 4.78 is 5.73. The predicted octanol–water partition coefficient (Wildman–Crippen LogP) is 3.79. The highest BCUT2D eigenvalue weighted by Gasteiger charge is 2.16. The van der Waals surface area contributed by atoms with Gasteiger partial charge < -0.3 is 15.0 Å². The molecule has 1 N–H and O–H groups in total. The summed E-state index contributed by atoms with van der Waals surface area (Å²) in [5, 5.41) is 3.53. The number of amides is 1. The summed E-state index contributed by atoms with van der Waals surface area (Å²) in [4.78, 5) is 14.3. The van der Waals surface area contributed by atoms with Gasteiger partial charge in [-0.2, -0.15) is 0 Å². The summed E-state index contributed by atoms with van der Waals surface area (Å²) in [6, 6.07) is 3.89. The molecule has 0 saturated carbocycles. The first-order chi connectivity index (χ1) is 11.0. The number of aryl methyl sites for hydroxylation is 2. The van der Waals surface area contributed by atoms with Crippen molar-refractivity contribution in [3.8, 4) is 0 Å². The number of anilines is 1. The minimum atomic E-state index is -0.00438. The molecule has 1 amide bonds. The molecule has 5 heteroatoms. The molecular formula is C18H27ClN2O2. The van der Waals surface area contributed by atoms with E-state index in [1.807, 2.05) is 33.0 Å². The van der Waals surface area contributed by atoms with Gasteiger partial charge in [-0.1, -0.05) is 17.7 Å². The van der Waals surface area contributed by atoms with Crippen molar-refractivity contribution in [2.75, 3.05) is 32.1 Å². The average molecular weight is 339 g/mol. The normalized spacial score (nSPS) is 18.2. The van der Waals surface area contributed by atoms with Crippen LogP contribution in [0.1, 0.15) is 36.8 Å². The summed E-state index contributed by atoms with van der Waals surface area (Å²) in [6.45, 7) is 6.42. The van der Waals surface area contributed by atoms with Crippen LogP contribution in [0.25, 0.3) is 0 Å². The lowest BCUT2D eigenvalue weighted by Gasteiger charge is -2.27. The monoisotopic (exact) mass is 338 g/mol. The highest BCUT2D eigenvalue weighted by molar-refractivity contribution is 6.34. The first-order valence-electron chi connectivity index (χ1n) is 8.32. The fourth-order valence-electron chi connectivity index (χ4n) is 2.96. The molecule has 0 radical (unpaired) electrons. The number of nitrogens with zero attached hydrogens (tertiary/aromatic N) is 1. The van der Waals surface area contributed by atoms with E-state index in [9.17, 15) is 4.79 Å². The molecule has 0 aromatic heterocycles. The Morgan fingerprint density at radius 3 is 2.83 bits per heavy atom. The van der Waals surface area contributed by atoms with Crippen LogP contribution in [0.5, 0.6) is 0 Å². The Morgan fingerprint density at radius 1 is 1.39 bits per heavy atom. The molecule has 0 unspecified atom stereocenters. The Kier molecular flexibility index (Phi) is 6.88. The van der Waals surface area contributed by atoms with E-state index in [1.54, 1.807) is 0 Å². The molecule has 1 aliphatic heterocycles. The van der Waals surface area contributed by atoms with Crippen LogP contribution in [0.4, 0.5) is 5.69 Å². The number of halogens is 1. The Hall–Kier alpha value is -1.10. The molecule has 1 heterocycles. The van der Waals surface area contributed by atoms with Gasteiger partial charge in [-0.15, -0.1) is 0 Å². The molecule has 1 aromatic carbocycles. The maximum atomic E-state index is 12.2. The zero-order valence-corrected chi connectivity index (χ0v) is 15.1. The number of carbonyl (C=O) groups excluding carboxylic acids is 1. The van der Waals surface area contributed by atoms with Crippen LogP contribution in [0.15, 0.2) is 12.1 Å². The quantitative estimate of drug-likeness (QED) is 0.858. The summed E-state index contributed by atoms with van der Waals surface area (Å²) >= 11 is 6.23. The third kappa shape index (κ3) is 5.79. The van der Waals surface area contributed by atoms with Crippen molar-refractivity contribution in [3.05, 3.63) is 28.3 Å². The van der Waals surface area contributed by atoms with Crippen LogP contribution >= 0.6 is 11.6 Å². The van der Waals surface area contributed by atoms with Gasteiger partial charge in [-0.05, 0) is 57.4 Å². The number of hydrogen-bond donors (Lipinski definition) is 1. The Balaban J connectivity index is 1.78. The maximum Gasteiger partial charge on any atom is 0.225 e. The topological polar surface area (TPSA) is 41.6 Å². The Labute approximate surface area is 144 Å². The summed E-state index contributed by atoms with van der Waals surface area (Å²) in [5.74, 6) is -0.00438. The van der Waals surface area contributed by atoms with E-state index < -0.39 is 0 Å². The van der Waals surface area contributed by atoms with E-state index in [2.05, 4.69) is 10.2 Å². The van der Waals surface area contributed by atoms with Crippen molar-refractivity contribution in [2.45, 2.75) is 45.6 Å². The summed E-state index contributed by atoms with van der Waals surface area (Å²) in [7, 11) is 2.04. The molecule has 1 fully saturated rings. The van der Waals surface area contributed by atoms with Crippen LogP contribution in [0.3, 0.4) is 0 Å². The molecule has 0 aliphatic carbocycles. The molecule has 0 spiro atoms. The van der Waals surface area contributed by atoms with Gasteiger partial charge >= 0.3 is 0 Å². The van der Waals surface area contributed by atoms with Crippen molar-refractivity contribution in [3.63, 3.8) is 0 Å². The van der Waals surface area contributed by atoms with E-state index in [1.165, 1.54) is 12.8 Å². The average Bonchev–Trinajstić information content (AvgIpc) is 2.50. The number of ether oxygens (including phenoxy) is 1. The van der Waals surface area contributed by atoms with Crippen molar-refractivity contribution >= 4 is 23.2 Å². The number of carbonyl (C=O) groups is 1. The highest BCUT2D eigenvalue weighted by Crippen LogP contribution is 2.27. The van der Waals surface area contributed by atoms with Crippen LogP contribution in [-0.4, -0.2) is 43.7 Å². The van der Waals surface area contributed by atoms with Crippen molar-refractivity contribution in [2.24, 2.45) is 0 Å². The van der Waals surface area contributed by atoms with E-state index in [4.69, 9.17) is 16.3 Å². The zero-order chi connectivity index (χ0) is 16.8. The van der Waals surface area contributed by atoms with E-state index in [0.717, 1.165) is 36.4 Å². The standard InChI is InChI=1S/C18H27ClN2O2/c1-13-10-14(2)18(16(19)11-13)20-17(22)7-8-21(3)12-15-6-4-5-9-23-15/h10-11,15H,4-9,12H2,1-3H3,(H,20,22)/t15-/m1/s1. The van der Waals surface area contributed by atoms with Gasteiger partial charge in [0.05, 0.1) is 16.8 Å². The van der Waals surface area contributed by atoms with Crippen LogP contribution < -0.4 is 5.32 Å². The Bertz CT molecular complexity index is 519. The number of hydrogen-bond acceptors (Lipinski definition) is 3. The second-order valence-electron chi connectivity index (χ2n) is 6.49. The predicted molar refractivity (Wildman–Crippen MR) is 95.3 cm³/mol. The first kappa shape index (κ1) is 18.2. The first-order valence-corrected chi connectivity index (χ1v) is 8.70. The highest BCUT2D eigenvalue weighted by atomic mass is 35.5. The smallest absolute Gasteiger partial charge is 0.225 e. The van der Waals surface area contributed by atoms with Gasteiger partial charge in [0.2, 0.25) is 5.91 Å². The molecule has 1 aliphatic rings. The minimum Gasteiger partial charge on any atom is -0.377 e. The molecule has 1 aromatic rings. The van der Waals surface area contributed by atoms with Gasteiger partial charge in [0, 0.05) is 26.1 Å². The van der Waals surface area contributed by atoms with Gasteiger partial charge in [0.1, 0.15) is 0 Å². The molecule has 0 bridgehead atoms. The third-order valence-corrected chi connectivity index (χ3v) is 4.50. The van der Waals surface area contributed by atoms with Gasteiger partial charge in [-0.3, -0.25) is 4.79 Å². The van der Waals surface area contributed by atoms with E-state index in [0.29, 0.717) is 24.1 Å². The molecule has 4 nitrogen and oxygen atoms in total. The lowest BCUT2D eigenvalue weighted by Crippen LogP contribution is -2.35. The number of likely N-dealkylation sites (N-methyl/N-ethyl adjacent to an activating group) is 1. The van der Waals surface area contributed by atoms with Crippen LogP contribution in [0.2, 0.25) is 5.02 Å². The second kappa shape index (κ2) is 8.67. The Morgan fingerprint density at radius 2 is 2.17 bits per heavy atom. The number of nitrogens with one attached hydrogen (secondary N) is 1. The molecule has 1 saturated heterocycles. The second-order valence-corrected chi connectivity index (χ2v) is 6.89. The van der Waals surface area contributed by atoms with Gasteiger partial charge in [0.15, 0.2) is 0 Å². The largest absolute Gasteiger partial charge is 0.377 e. The van der Waals surface area contributed by atoms with Gasteiger partial charge in [-0.25, -0.2) is 0 Å². The number of rotatable bonds is 6. The minimum absolute atomic E-state index is 0.00438. The lowest BCUT2D eigenvalue weighted by atomic mass is 10.1. The van der Waals surface area contributed by atoms with E-state index in [-0.39, 0.29) is 5.91 Å². The molecule has 1 atom stereocenters. The van der Waals surface area contributed by atoms with E-state index >= 15 is 0 Å². The van der Waals surface area contributed by atoms with Crippen LogP contribution in [-0.2, 0) is 9.53 Å². The summed E-state index contributed by atoms with van der Waals surface area (Å²) in [6.07, 6.45) is 4.29. The molecule has 23 heavy (non-hydrogen) atoms. The summed E-state index contributed by atoms with van der Waals surface area (Å²) in [5.41, 5.74) is 2.81. The molecule has 128 valence electrons. The van der Waals surface area contributed by atoms with Crippen molar-refractivity contribution in [1.29, 1.82) is 0 Å². The van der Waals surface area contributed by atoms with Gasteiger partial charge in [0.25, 0.3) is 0 Å². The fourth-order valence-corrected chi connectivity index (χ4v) is 3.33.